The summed E-state index contributed by atoms with van der Waals surface area (Å²) in [6.45, 7) is 8.36. The summed E-state index contributed by atoms with van der Waals surface area (Å²) in [4.78, 5) is 27.5. The van der Waals surface area contributed by atoms with Crippen LogP contribution in [-0.2, 0) is 21.2 Å². The summed E-state index contributed by atoms with van der Waals surface area (Å²) in [5.74, 6) is -0.0421. The van der Waals surface area contributed by atoms with Gasteiger partial charge in [-0.3, -0.25) is 4.79 Å². The number of urea groups is 1. The van der Waals surface area contributed by atoms with Crippen molar-refractivity contribution in [2.75, 3.05) is 33.3 Å². The molecule has 0 unspecified atom stereocenters. The summed E-state index contributed by atoms with van der Waals surface area (Å²) in [5, 5.41) is 17.2. The van der Waals surface area contributed by atoms with Crippen molar-refractivity contribution in [1.29, 1.82) is 0 Å². The van der Waals surface area contributed by atoms with Crippen LogP contribution in [0, 0.1) is 11.8 Å². The van der Waals surface area contributed by atoms with Gasteiger partial charge >= 0.3 is 6.03 Å². The smallest absolute Gasteiger partial charge is 0.318 e. The van der Waals surface area contributed by atoms with Crippen molar-refractivity contribution >= 4 is 22.0 Å². The van der Waals surface area contributed by atoms with Crippen LogP contribution in [-0.4, -0.2) is 86.1 Å². The minimum atomic E-state index is -3.96. The van der Waals surface area contributed by atoms with Crippen molar-refractivity contribution in [1.82, 2.24) is 19.8 Å². The number of amides is 3. The van der Waals surface area contributed by atoms with Crippen molar-refractivity contribution in [3.05, 3.63) is 60.2 Å². The minimum Gasteiger partial charge on any atom is -0.497 e. The summed E-state index contributed by atoms with van der Waals surface area (Å²) in [5.41, 5.74) is 0.875. The molecule has 220 valence electrons. The summed E-state index contributed by atoms with van der Waals surface area (Å²) in [7, 11) is -2.45. The van der Waals surface area contributed by atoms with E-state index in [2.05, 4.69) is 10.6 Å². The predicted octanol–water partition coefficient (Wildman–Crippen LogP) is 2.48. The van der Waals surface area contributed by atoms with E-state index < -0.39 is 28.2 Å². The average molecular weight is 575 g/mol. The summed E-state index contributed by atoms with van der Waals surface area (Å²) >= 11 is 0. The lowest BCUT2D eigenvalue weighted by Crippen LogP contribution is -2.57. The van der Waals surface area contributed by atoms with Crippen LogP contribution in [0.4, 0.5) is 4.79 Å². The highest BCUT2D eigenvalue weighted by atomic mass is 32.2. The predicted molar refractivity (Wildman–Crippen MR) is 153 cm³/mol. The van der Waals surface area contributed by atoms with Gasteiger partial charge in [0.15, 0.2) is 0 Å². The van der Waals surface area contributed by atoms with Crippen molar-refractivity contribution < 1.29 is 27.9 Å². The van der Waals surface area contributed by atoms with Gasteiger partial charge in [-0.2, -0.15) is 4.31 Å². The Morgan fingerprint density at radius 2 is 1.73 bits per heavy atom. The monoisotopic (exact) mass is 574 g/mol. The molecule has 3 amide bonds. The molecule has 10 nitrogen and oxygen atoms in total. The molecule has 3 rings (SSSR count). The molecule has 0 aliphatic carbocycles. The average Bonchev–Trinajstić information content (AvgIpc) is 3.33. The van der Waals surface area contributed by atoms with Crippen LogP contribution in [0.3, 0.4) is 0 Å². The first-order valence-corrected chi connectivity index (χ1v) is 15.1. The second kappa shape index (κ2) is 14.0. The van der Waals surface area contributed by atoms with Gasteiger partial charge in [0.2, 0.25) is 15.9 Å². The molecular formula is C29H42N4O6S. The van der Waals surface area contributed by atoms with E-state index in [1.165, 1.54) is 28.4 Å². The number of nitrogens with zero attached hydrogens (tertiary/aromatic N) is 2. The lowest BCUT2D eigenvalue weighted by atomic mass is 9.97. The van der Waals surface area contributed by atoms with E-state index in [9.17, 15) is 23.1 Å². The fourth-order valence-electron chi connectivity index (χ4n) is 4.89. The SMILES string of the molecule is COc1ccc(S(=O)(=O)N(CC(C)C)C[C@@H](O)[C@H](Cc2ccccc2)NC(=O)[C@H](C(C)C)N2CCNC2=O)cc1. The molecule has 3 N–H and O–H groups in total. The Labute approximate surface area is 237 Å². The first-order valence-electron chi connectivity index (χ1n) is 13.6. The van der Waals surface area contributed by atoms with E-state index in [0.29, 0.717) is 18.8 Å². The third kappa shape index (κ3) is 7.96. The van der Waals surface area contributed by atoms with Gasteiger partial charge in [0, 0.05) is 26.2 Å². The molecular weight excluding hydrogens is 532 g/mol. The molecule has 11 heteroatoms. The van der Waals surface area contributed by atoms with E-state index >= 15 is 0 Å². The topological polar surface area (TPSA) is 128 Å². The zero-order valence-electron chi connectivity index (χ0n) is 23.9. The fourth-order valence-corrected chi connectivity index (χ4v) is 6.51. The van der Waals surface area contributed by atoms with Crippen molar-refractivity contribution in [3.8, 4) is 5.75 Å². The Bertz CT molecular complexity index is 1220. The highest BCUT2D eigenvalue weighted by molar-refractivity contribution is 7.89. The molecule has 1 fully saturated rings. The molecule has 2 aromatic carbocycles. The standard InChI is InChI=1S/C29H42N4O6S/c1-20(2)18-32(40(37,38)24-13-11-23(39-5)12-14-24)19-26(34)25(17-22-9-7-6-8-10-22)31-28(35)27(21(3)4)33-16-15-30-29(33)36/h6-14,20-21,25-27,34H,15-19H2,1-5H3,(H,30,36)(H,31,35)/t25-,26+,27-/m0/s1. The highest BCUT2D eigenvalue weighted by Crippen LogP contribution is 2.22. The number of hydrogen-bond acceptors (Lipinski definition) is 6. The van der Waals surface area contributed by atoms with Crippen molar-refractivity contribution in [3.63, 3.8) is 0 Å². The molecule has 40 heavy (non-hydrogen) atoms. The van der Waals surface area contributed by atoms with Crippen LogP contribution < -0.4 is 15.4 Å². The van der Waals surface area contributed by atoms with E-state index in [0.717, 1.165) is 5.56 Å². The van der Waals surface area contributed by atoms with Crippen LogP contribution in [0.15, 0.2) is 59.5 Å². The summed E-state index contributed by atoms with van der Waals surface area (Å²) in [6, 6.07) is 13.7. The van der Waals surface area contributed by atoms with Gasteiger partial charge in [-0.05, 0) is 48.1 Å². The molecule has 1 aliphatic heterocycles. The minimum absolute atomic E-state index is 0.0126. The van der Waals surface area contributed by atoms with Crippen LogP contribution >= 0.6 is 0 Å². The van der Waals surface area contributed by atoms with Gasteiger partial charge in [0.25, 0.3) is 0 Å². The Balaban J connectivity index is 1.89. The Morgan fingerprint density at radius 1 is 1.07 bits per heavy atom. The Hall–Kier alpha value is -3.15. The molecule has 1 aliphatic rings. The quantitative estimate of drug-likeness (QED) is 0.318. The number of sulfonamides is 1. The molecule has 0 aromatic heterocycles. The second-order valence-electron chi connectivity index (χ2n) is 10.9. The number of hydrogen-bond donors (Lipinski definition) is 3. The number of nitrogens with one attached hydrogen (secondary N) is 2. The van der Waals surface area contributed by atoms with Crippen LogP contribution in [0.25, 0.3) is 0 Å². The highest BCUT2D eigenvalue weighted by Gasteiger charge is 2.37. The number of benzene rings is 2. The van der Waals surface area contributed by atoms with Crippen LogP contribution in [0.2, 0.25) is 0 Å². The Morgan fingerprint density at radius 3 is 2.25 bits per heavy atom. The lowest BCUT2D eigenvalue weighted by Gasteiger charge is -2.34. The van der Waals surface area contributed by atoms with Crippen LogP contribution in [0.1, 0.15) is 33.3 Å². The van der Waals surface area contributed by atoms with Gasteiger partial charge in [-0.1, -0.05) is 58.0 Å². The molecule has 0 bridgehead atoms. The third-order valence-electron chi connectivity index (χ3n) is 6.87. The normalized spacial score (nSPS) is 16.2. The number of carbonyl (C=O) groups excluding carboxylic acids is 2. The Kier molecular flexibility index (Phi) is 11.0. The summed E-state index contributed by atoms with van der Waals surface area (Å²) < 4.78 is 33.7. The van der Waals surface area contributed by atoms with Crippen molar-refractivity contribution in [2.45, 2.75) is 57.2 Å². The summed E-state index contributed by atoms with van der Waals surface area (Å²) in [6.07, 6.45) is -0.945. The van der Waals surface area contributed by atoms with Gasteiger partial charge in [-0.15, -0.1) is 0 Å². The largest absolute Gasteiger partial charge is 0.497 e. The number of methoxy groups -OCH3 is 1. The maximum atomic E-state index is 13.6. The fraction of sp³-hybridized carbons (Fsp3) is 0.517. The lowest BCUT2D eigenvalue weighted by molar-refractivity contribution is -0.128. The first-order chi connectivity index (χ1) is 18.9. The second-order valence-corrected chi connectivity index (χ2v) is 12.8. The van der Waals surface area contributed by atoms with Crippen LogP contribution in [0.5, 0.6) is 5.75 Å². The molecule has 0 saturated carbocycles. The molecule has 0 radical (unpaired) electrons. The van der Waals surface area contributed by atoms with E-state index in [1.54, 1.807) is 12.1 Å². The molecule has 2 aromatic rings. The number of aliphatic hydroxyl groups is 1. The van der Waals surface area contributed by atoms with Gasteiger partial charge in [0.1, 0.15) is 11.8 Å². The molecule has 1 heterocycles. The van der Waals surface area contributed by atoms with Gasteiger partial charge in [0.05, 0.1) is 24.2 Å². The zero-order chi connectivity index (χ0) is 29.4. The molecule has 1 saturated heterocycles. The first kappa shape index (κ1) is 31.4. The molecule has 3 atom stereocenters. The number of ether oxygens (including phenoxy) is 1. The van der Waals surface area contributed by atoms with Crippen molar-refractivity contribution in [2.24, 2.45) is 11.8 Å². The third-order valence-corrected chi connectivity index (χ3v) is 8.72. The number of carbonyl (C=O) groups is 2. The number of rotatable bonds is 14. The van der Waals surface area contributed by atoms with E-state index in [4.69, 9.17) is 4.74 Å². The maximum absolute atomic E-state index is 13.6. The zero-order valence-corrected chi connectivity index (χ0v) is 24.7. The number of aliphatic hydroxyl groups excluding tert-OH is 1. The van der Waals surface area contributed by atoms with Gasteiger partial charge in [-0.25, -0.2) is 13.2 Å². The van der Waals surface area contributed by atoms with E-state index in [-0.39, 0.29) is 48.2 Å². The van der Waals surface area contributed by atoms with Gasteiger partial charge < -0.3 is 25.4 Å². The maximum Gasteiger partial charge on any atom is 0.318 e. The molecule has 0 spiro atoms. The van der Waals surface area contributed by atoms with E-state index in [1.807, 2.05) is 58.0 Å².